The fourth-order valence-corrected chi connectivity index (χ4v) is 4.16. The summed E-state index contributed by atoms with van der Waals surface area (Å²) in [5, 5.41) is 3.37. The summed E-state index contributed by atoms with van der Waals surface area (Å²) in [6, 6.07) is 11.3. The molecule has 0 spiro atoms. The Morgan fingerprint density at radius 3 is 2.69 bits per heavy atom. The maximum atomic E-state index is 13.5. The van der Waals surface area contributed by atoms with Crippen LogP contribution in [0.1, 0.15) is 42.0 Å². The summed E-state index contributed by atoms with van der Waals surface area (Å²) >= 11 is 0. The first kappa shape index (κ1) is 17.0. The molecule has 0 saturated carbocycles. The molecule has 136 valence electrons. The van der Waals surface area contributed by atoms with Gasteiger partial charge in [0.05, 0.1) is 18.2 Å². The highest BCUT2D eigenvalue weighted by molar-refractivity contribution is 5.62. The average Bonchev–Trinajstić information content (AvgIpc) is 3.11. The summed E-state index contributed by atoms with van der Waals surface area (Å²) in [4.78, 5) is 0. The lowest BCUT2D eigenvalue weighted by atomic mass is 9.76. The number of allylic oxidation sites excluding steroid dienone is 2. The minimum Gasteiger partial charge on any atom is -0.494 e. The van der Waals surface area contributed by atoms with E-state index in [-0.39, 0.29) is 17.9 Å². The third-order valence-corrected chi connectivity index (χ3v) is 5.25. The fraction of sp³-hybridized carbons (Fsp3) is 0.333. The second-order valence-corrected chi connectivity index (χ2v) is 6.74. The molecule has 2 aromatic rings. The lowest BCUT2D eigenvalue weighted by molar-refractivity contribution is -0.138. The van der Waals surface area contributed by atoms with E-state index in [0.717, 1.165) is 23.4 Å². The molecular formula is C21H20F3NO. The summed E-state index contributed by atoms with van der Waals surface area (Å²) < 4.78 is 46.2. The number of benzene rings is 2. The molecule has 2 nitrogen and oxygen atoms in total. The molecule has 1 N–H and O–H groups in total. The van der Waals surface area contributed by atoms with Crippen molar-refractivity contribution in [3.63, 3.8) is 0 Å². The second-order valence-electron chi connectivity index (χ2n) is 6.74. The van der Waals surface area contributed by atoms with Gasteiger partial charge in [0.2, 0.25) is 0 Å². The van der Waals surface area contributed by atoms with Crippen molar-refractivity contribution in [1.82, 2.24) is 0 Å². The molecule has 3 atom stereocenters. The molecule has 2 aliphatic rings. The predicted octanol–water partition coefficient (Wildman–Crippen LogP) is 5.93. The Morgan fingerprint density at radius 1 is 1.12 bits per heavy atom. The van der Waals surface area contributed by atoms with Crippen LogP contribution in [0.2, 0.25) is 0 Å². The lowest BCUT2D eigenvalue weighted by Gasteiger charge is -2.38. The first-order valence-corrected chi connectivity index (χ1v) is 8.85. The van der Waals surface area contributed by atoms with Crippen LogP contribution < -0.4 is 10.1 Å². The van der Waals surface area contributed by atoms with Gasteiger partial charge in [0, 0.05) is 11.6 Å². The number of anilines is 1. The normalized spacial score (nSPS) is 23.9. The van der Waals surface area contributed by atoms with E-state index in [4.69, 9.17) is 4.74 Å². The van der Waals surface area contributed by atoms with E-state index in [1.165, 1.54) is 12.1 Å². The van der Waals surface area contributed by atoms with Crippen molar-refractivity contribution >= 4 is 5.69 Å². The Hall–Kier alpha value is -2.43. The fourth-order valence-electron chi connectivity index (χ4n) is 4.16. The van der Waals surface area contributed by atoms with Crippen molar-refractivity contribution in [2.75, 3.05) is 11.9 Å². The summed E-state index contributed by atoms with van der Waals surface area (Å²) in [6.07, 6.45) is 0.581. The summed E-state index contributed by atoms with van der Waals surface area (Å²) in [7, 11) is 0. The van der Waals surface area contributed by atoms with E-state index in [2.05, 4.69) is 17.5 Å². The minimum atomic E-state index is -4.36. The van der Waals surface area contributed by atoms with Crippen LogP contribution in [0.25, 0.3) is 0 Å². The van der Waals surface area contributed by atoms with Crippen molar-refractivity contribution in [1.29, 1.82) is 0 Å². The average molecular weight is 359 g/mol. The largest absolute Gasteiger partial charge is 0.494 e. The minimum absolute atomic E-state index is 0.0582. The summed E-state index contributed by atoms with van der Waals surface area (Å²) in [6.45, 7) is 2.51. The quantitative estimate of drug-likeness (QED) is 0.686. The zero-order chi connectivity index (χ0) is 18.3. The van der Waals surface area contributed by atoms with E-state index in [9.17, 15) is 13.2 Å². The highest BCUT2D eigenvalue weighted by atomic mass is 19.4. The molecule has 0 unspecified atom stereocenters. The first-order valence-electron chi connectivity index (χ1n) is 8.85. The smallest absolute Gasteiger partial charge is 0.416 e. The Labute approximate surface area is 150 Å². The van der Waals surface area contributed by atoms with Gasteiger partial charge in [-0.3, -0.25) is 0 Å². The van der Waals surface area contributed by atoms with Crippen LogP contribution in [-0.4, -0.2) is 6.61 Å². The Morgan fingerprint density at radius 2 is 1.92 bits per heavy atom. The molecule has 0 bridgehead atoms. The van der Waals surface area contributed by atoms with E-state index in [1.807, 2.05) is 25.1 Å². The number of nitrogens with one attached hydrogen (secondary N) is 1. The van der Waals surface area contributed by atoms with Crippen LogP contribution >= 0.6 is 0 Å². The molecule has 1 aliphatic heterocycles. The number of hydrogen-bond donors (Lipinski definition) is 1. The van der Waals surface area contributed by atoms with Gasteiger partial charge < -0.3 is 10.1 Å². The number of halogens is 3. The van der Waals surface area contributed by atoms with Gasteiger partial charge in [0.25, 0.3) is 0 Å². The van der Waals surface area contributed by atoms with E-state index in [1.54, 1.807) is 12.1 Å². The van der Waals surface area contributed by atoms with Crippen LogP contribution in [0, 0.1) is 5.92 Å². The molecule has 4 rings (SSSR count). The van der Waals surface area contributed by atoms with Gasteiger partial charge in [0.1, 0.15) is 5.75 Å². The lowest BCUT2D eigenvalue weighted by Crippen LogP contribution is -2.30. The van der Waals surface area contributed by atoms with Gasteiger partial charge in [-0.15, -0.1) is 0 Å². The number of hydrogen-bond acceptors (Lipinski definition) is 2. The van der Waals surface area contributed by atoms with Gasteiger partial charge in [-0.25, -0.2) is 0 Å². The number of ether oxygens (including phenoxy) is 1. The Bertz CT molecular complexity index is 843. The Kier molecular flexibility index (Phi) is 4.17. The molecule has 0 aromatic heterocycles. The van der Waals surface area contributed by atoms with E-state index < -0.39 is 11.7 Å². The monoisotopic (exact) mass is 359 g/mol. The molecule has 1 aliphatic carbocycles. The SMILES string of the molecule is CCOc1ccc2c(c1)[C@@H]1C=CC[C@@H]1[C@@H](c1ccccc1C(F)(F)F)N2. The molecule has 0 saturated heterocycles. The molecular weight excluding hydrogens is 339 g/mol. The molecule has 0 amide bonds. The van der Waals surface area contributed by atoms with Crippen LogP contribution in [0.4, 0.5) is 18.9 Å². The Balaban J connectivity index is 1.78. The first-order chi connectivity index (χ1) is 12.5. The molecule has 2 aromatic carbocycles. The summed E-state index contributed by atoms with van der Waals surface area (Å²) in [5.41, 5.74) is 1.73. The molecule has 0 radical (unpaired) electrons. The zero-order valence-corrected chi connectivity index (χ0v) is 14.4. The van der Waals surface area contributed by atoms with Crippen molar-refractivity contribution in [2.45, 2.75) is 31.5 Å². The number of fused-ring (bicyclic) bond motifs is 3. The van der Waals surface area contributed by atoms with Gasteiger partial charge in [-0.2, -0.15) is 13.2 Å². The predicted molar refractivity (Wildman–Crippen MR) is 95.4 cm³/mol. The topological polar surface area (TPSA) is 21.3 Å². The van der Waals surface area contributed by atoms with Crippen LogP contribution in [-0.2, 0) is 6.18 Å². The van der Waals surface area contributed by atoms with Gasteiger partial charge in [0.15, 0.2) is 0 Å². The van der Waals surface area contributed by atoms with Crippen molar-refractivity contribution in [2.24, 2.45) is 5.92 Å². The van der Waals surface area contributed by atoms with Gasteiger partial charge in [-0.05, 0) is 54.7 Å². The second kappa shape index (κ2) is 6.38. The van der Waals surface area contributed by atoms with Crippen LogP contribution in [0.3, 0.4) is 0 Å². The molecule has 0 fully saturated rings. The standard InChI is InChI=1S/C21H20F3NO/c1-2-26-13-10-11-19-17(12-13)14-7-5-8-15(14)20(25-19)16-6-3-4-9-18(16)21(22,23)24/h3-7,9-12,14-15,20,25H,2,8H2,1H3/t14-,15+,20+/m1/s1. The van der Waals surface area contributed by atoms with Crippen molar-refractivity contribution < 1.29 is 17.9 Å². The van der Waals surface area contributed by atoms with E-state index in [0.29, 0.717) is 12.2 Å². The third-order valence-electron chi connectivity index (χ3n) is 5.25. The van der Waals surface area contributed by atoms with Crippen molar-refractivity contribution in [3.05, 3.63) is 71.3 Å². The third kappa shape index (κ3) is 2.85. The van der Waals surface area contributed by atoms with Crippen LogP contribution in [0.5, 0.6) is 5.75 Å². The highest BCUT2D eigenvalue weighted by Crippen LogP contribution is 2.52. The molecule has 5 heteroatoms. The maximum absolute atomic E-state index is 13.5. The van der Waals surface area contributed by atoms with Gasteiger partial charge in [-0.1, -0.05) is 30.4 Å². The zero-order valence-electron chi connectivity index (χ0n) is 14.4. The molecule has 1 heterocycles. The summed E-state index contributed by atoms with van der Waals surface area (Å²) in [5.74, 6) is 0.946. The van der Waals surface area contributed by atoms with Crippen LogP contribution in [0.15, 0.2) is 54.6 Å². The van der Waals surface area contributed by atoms with Crippen molar-refractivity contribution in [3.8, 4) is 5.75 Å². The van der Waals surface area contributed by atoms with Gasteiger partial charge >= 0.3 is 6.18 Å². The maximum Gasteiger partial charge on any atom is 0.416 e. The highest BCUT2D eigenvalue weighted by Gasteiger charge is 2.42. The number of rotatable bonds is 3. The van der Waals surface area contributed by atoms with E-state index >= 15 is 0 Å². The number of alkyl halides is 3. The molecule has 26 heavy (non-hydrogen) atoms.